The zero-order chi connectivity index (χ0) is 9.68. The van der Waals surface area contributed by atoms with Crippen LogP contribution in [0, 0.1) is 17.2 Å². The van der Waals surface area contributed by atoms with Gasteiger partial charge >= 0.3 is 0 Å². The van der Waals surface area contributed by atoms with E-state index >= 15 is 0 Å². The van der Waals surface area contributed by atoms with Crippen LogP contribution in [0.5, 0.6) is 0 Å². The maximum Gasteiger partial charge on any atom is 0.0979 e. The van der Waals surface area contributed by atoms with Gasteiger partial charge in [0.2, 0.25) is 0 Å². The summed E-state index contributed by atoms with van der Waals surface area (Å²) in [7, 11) is 0. The van der Waals surface area contributed by atoms with E-state index in [-0.39, 0.29) is 6.04 Å². The molecule has 1 aromatic rings. The van der Waals surface area contributed by atoms with E-state index in [2.05, 4.69) is 31.3 Å². The van der Waals surface area contributed by atoms with Gasteiger partial charge in [-0.3, -0.25) is 5.32 Å². The van der Waals surface area contributed by atoms with Crippen LogP contribution in [0.2, 0.25) is 0 Å². The Morgan fingerprint density at radius 2 is 2.38 bits per heavy atom. The fraction of sp³-hybridized carbons (Fsp3) is 0.500. The fourth-order valence-electron chi connectivity index (χ4n) is 1.05. The van der Waals surface area contributed by atoms with Crippen LogP contribution in [0.1, 0.15) is 18.7 Å². The Labute approximate surface area is 83.2 Å². The Hall–Kier alpha value is -0.850. The third-order valence-electron chi connectivity index (χ3n) is 1.88. The summed E-state index contributed by atoms with van der Waals surface area (Å²) in [6.07, 6.45) is 0. The first-order chi connectivity index (χ1) is 6.24. The molecule has 3 heteroatoms. The maximum atomic E-state index is 8.82. The standard InChI is InChI=1S/C10H14N2S/c1-8(2)10(6-11)12-7-9-4-3-5-13-9/h3-5,8,10,12H,7H2,1-2H3. The molecule has 0 spiro atoms. The summed E-state index contributed by atoms with van der Waals surface area (Å²) in [6.45, 7) is 4.90. The van der Waals surface area contributed by atoms with Crippen molar-refractivity contribution in [1.82, 2.24) is 5.32 Å². The molecule has 13 heavy (non-hydrogen) atoms. The number of nitriles is 1. The van der Waals surface area contributed by atoms with Crippen LogP contribution in [0.25, 0.3) is 0 Å². The smallest absolute Gasteiger partial charge is 0.0979 e. The lowest BCUT2D eigenvalue weighted by molar-refractivity contribution is 0.473. The van der Waals surface area contributed by atoms with Gasteiger partial charge in [-0.15, -0.1) is 11.3 Å². The average molecular weight is 194 g/mol. The molecule has 0 saturated heterocycles. The molecule has 0 radical (unpaired) electrons. The lowest BCUT2D eigenvalue weighted by Crippen LogP contribution is -2.31. The van der Waals surface area contributed by atoms with E-state index in [1.54, 1.807) is 11.3 Å². The van der Waals surface area contributed by atoms with Crippen molar-refractivity contribution in [2.75, 3.05) is 0 Å². The maximum absolute atomic E-state index is 8.82. The van der Waals surface area contributed by atoms with Gasteiger partial charge in [0, 0.05) is 11.4 Å². The molecule has 0 amide bonds. The highest BCUT2D eigenvalue weighted by Gasteiger charge is 2.10. The number of hydrogen-bond acceptors (Lipinski definition) is 3. The summed E-state index contributed by atoms with van der Waals surface area (Å²) in [6, 6.07) is 6.32. The minimum absolute atomic E-state index is 0.0397. The fourth-order valence-corrected chi connectivity index (χ4v) is 1.71. The first-order valence-electron chi connectivity index (χ1n) is 4.39. The minimum Gasteiger partial charge on any atom is -0.297 e. The zero-order valence-electron chi connectivity index (χ0n) is 7.95. The summed E-state index contributed by atoms with van der Waals surface area (Å²) < 4.78 is 0. The summed E-state index contributed by atoms with van der Waals surface area (Å²) in [5.74, 6) is 0.366. The molecule has 2 nitrogen and oxygen atoms in total. The molecule has 0 aliphatic heterocycles. The molecule has 0 aliphatic carbocycles. The van der Waals surface area contributed by atoms with Crippen molar-refractivity contribution in [2.45, 2.75) is 26.4 Å². The first-order valence-corrected chi connectivity index (χ1v) is 5.27. The van der Waals surface area contributed by atoms with Crippen LogP contribution < -0.4 is 5.32 Å². The molecule has 1 N–H and O–H groups in total. The number of nitrogens with zero attached hydrogens (tertiary/aromatic N) is 1. The van der Waals surface area contributed by atoms with Crippen molar-refractivity contribution in [3.05, 3.63) is 22.4 Å². The van der Waals surface area contributed by atoms with Crippen LogP contribution in [0.4, 0.5) is 0 Å². The molecule has 0 saturated carbocycles. The highest BCUT2D eigenvalue weighted by molar-refractivity contribution is 7.09. The van der Waals surface area contributed by atoms with Crippen molar-refractivity contribution < 1.29 is 0 Å². The quantitative estimate of drug-likeness (QED) is 0.798. The lowest BCUT2D eigenvalue weighted by atomic mass is 10.1. The van der Waals surface area contributed by atoms with Gasteiger partial charge in [0.05, 0.1) is 12.1 Å². The monoisotopic (exact) mass is 194 g/mol. The molecule has 70 valence electrons. The second kappa shape index (κ2) is 5.00. The predicted octanol–water partition coefficient (Wildman–Crippen LogP) is 2.39. The van der Waals surface area contributed by atoms with Crippen LogP contribution >= 0.6 is 11.3 Å². The van der Waals surface area contributed by atoms with Crippen LogP contribution in [-0.4, -0.2) is 6.04 Å². The Morgan fingerprint density at radius 3 is 2.85 bits per heavy atom. The molecular formula is C10H14N2S. The number of hydrogen-bond donors (Lipinski definition) is 1. The third kappa shape index (κ3) is 3.17. The van der Waals surface area contributed by atoms with E-state index in [0.29, 0.717) is 5.92 Å². The molecule has 0 aromatic carbocycles. The summed E-state index contributed by atoms with van der Waals surface area (Å²) in [4.78, 5) is 1.28. The first kappa shape index (κ1) is 10.2. The van der Waals surface area contributed by atoms with Crippen molar-refractivity contribution in [3.8, 4) is 6.07 Å². The Morgan fingerprint density at radius 1 is 1.62 bits per heavy atom. The molecule has 1 heterocycles. The Balaban J connectivity index is 2.38. The largest absolute Gasteiger partial charge is 0.297 e. The van der Waals surface area contributed by atoms with E-state index < -0.39 is 0 Å². The molecule has 1 unspecified atom stereocenters. The van der Waals surface area contributed by atoms with Gasteiger partial charge in [-0.05, 0) is 17.4 Å². The van der Waals surface area contributed by atoms with E-state index in [1.165, 1.54) is 4.88 Å². The predicted molar refractivity (Wildman–Crippen MR) is 55.4 cm³/mol. The van der Waals surface area contributed by atoms with Crippen molar-refractivity contribution in [2.24, 2.45) is 5.92 Å². The number of nitrogens with one attached hydrogen (secondary N) is 1. The molecule has 1 aromatic heterocycles. The van der Waals surface area contributed by atoms with E-state index in [4.69, 9.17) is 5.26 Å². The molecule has 1 rings (SSSR count). The van der Waals surface area contributed by atoms with E-state index in [1.807, 2.05) is 11.4 Å². The van der Waals surface area contributed by atoms with E-state index in [9.17, 15) is 0 Å². The molecular weight excluding hydrogens is 180 g/mol. The molecule has 0 fully saturated rings. The topological polar surface area (TPSA) is 35.8 Å². The molecule has 1 atom stereocenters. The zero-order valence-corrected chi connectivity index (χ0v) is 8.77. The summed E-state index contributed by atoms with van der Waals surface area (Å²) in [5.41, 5.74) is 0. The van der Waals surface area contributed by atoms with Crippen LogP contribution in [0.3, 0.4) is 0 Å². The minimum atomic E-state index is -0.0397. The SMILES string of the molecule is CC(C)C(C#N)NCc1cccs1. The molecule has 0 aliphatic rings. The third-order valence-corrected chi connectivity index (χ3v) is 2.76. The van der Waals surface area contributed by atoms with Crippen molar-refractivity contribution in [1.29, 1.82) is 5.26 Å². The lowest BCUT2D eigenvalue weighted by Gasteiger charge is -2.13. The van der Waals surface area contributed by atoms with Gasteiger partial charge in [0.25, 0.3) is 0 Å². The second-order valence-corrected chi connectivity index (χ2v) is 4.34. The van der Waals surface area contributed by atoms with Crippen LogP contribution in [0.15, 0.2) is 17.5 Å². The van der Waals surface area contributed by atoms with Gasteiger partial charge in [-0.25, -0.2) is 0 Å². The van der Waals surface area contributed by atoms with Crippen LogP contribution in [-0.2, 0) is 6.54 Å². The van der Waals surface area contributed by atoms with Gasteiger partial charge in [0.15, 0.2) is 0 Å². The normalized spacial score (nSPS) is 12.8. The van der Waals surface area contributed by atoms with Gasteiger partial charge in [0.1, 0.15) is 0 Å². The van der Waals surface area contributed by atoms with Crippen molar-refractivity contribution in [3.63, 3.8) is 0 Å². The highest BCUT2D eigenvalue weighted by atomic mass is 32.1. The highest BCUT2D eigenvalue weighted by Crippen LogP contribution is 2.09. The van der Waals surface area contributed by atoms with Gasteiger partial charge in [-0.1, -0.05) is 19.9 Å². The second-order valence-electron chi connectivity index (χ2n) is 3.31. The van der Waals surface area contributed by atoms with E-state index in [0.717, 1.165) is 6.54 Å². The average Bonchev–Trinajstić information content (AvgIpc) is 2.57. The Kier molecular flexibility index (Phi) is 3.94. The van der Waals surface area contributed by atoms with Gasteiger partial charge in [-0.2, -0.15) is 5.26 Å². The van der Waals surface area contributed by atoms with Gasteiger partial charge < -0.3 is 0 Å². The summed E-state index contributed by atoms with van der Waals surface area (Å²) in [5, 5.41) is 14.1. The molecule has 0 bridgehead atoms. The summed E-state index contributed by atoms with van der Waals surface area (Å²) >= 11 is 1.72. The Bertz CT molecular complexity index is 272. The number of thiophene rings is 1. The number of rotatable bonds is 4. The van der Waals surface area contributed by atoms with Crippen molar-refractivity contribution >= 4 is 11.3 Å².